The second-order valence-corrected chi connectivity index (χ2v) is 19.6. The number of pyridine rings is 1. The van der Waals surface area contributed by atoms with Crippen LogP contribution >= 0.6 is 78.8 Å². The first-order valence-corrected chi connectivity index (χ1v) is 23.8. The van der Waals surface area contributed by atoms with Crippen molar-refractivity contribution < 1.29 is 33.3 Å². The van der Waals surface area contributed by atoms with Crippen LogP contribution in [0.25, 0.3) is 33.4 Å². The zero-order chi connectivity index (χ0) is 44.7. The highest BCUT2D eigenvalue weighted by Crippen LogP contribution is 2.43. The smallest absolute Gasteiger partial charge is 0.324 e. The van der Waals surface area contributed by atoms with E-state index in [1.807, 2.05) is 18.5 Å². The third kappa shape index (κ3) is 12.3. The predicted molar refractivity (Wildman–Crippen MR) is 297 cm³/mol. The fourth-order valence-electron chi connectivity index (χ4n) is 10.1. The number of benzene rings is 1. The second-order valence-electron chi connectivity index (χ2n) is 18.7. The van der Waals surface area contributed by atoms with E-state index in [0.717, 1.165) is 101 Å². The van der Waals surface area contributed by atoms with Crippen molar-refractivity contribution in [1.82, 2.24) is 40.1 Å². The summed E-state index contributed by atoms with van der Waals surface area (Å²) in [6.07, 6.45) is 4.47. The minimum Gasteiger partial charge on any atom is -0.464 e. The molecule has 1 aromatic carbocycles. The molecule has 0 saturated carbocycles. The first-order chi connectivity index (χ1) is 30.9. The molecular weight excluding hydrogens is 995 g/mol. The third-order valence-corrected chi connectivity index (χ3v) is 14.6. The van der Waals surface area contributed by atoms with Gasteiger partial charge in [0.2, 0.25) is 0 Å². The van der Waals surface area contributed by atoms with Crippen molar-refractivity contribution in [2.75, 3.05) is 84.8 Å². The number of urea groups is 1. The number of amides is 3. The molecule has 9 rings (SSSR count). The lowest BCUT2D eigenvalue weighted by molar-refractivity contribution is -0.155. The second kappa shape index (κ2) is 25.2. The number of nitrogens with one attached hydrogen (secondary N) is 2. The number of esters is 1. The zero-order valence-electron chi connectivity index (χ0n) is 40.6. The van der Waals surface area contributed by atoms with Crippen molar-refractivity contribution >= 4 is 113 Å². The highest BCUT2D eigenvalue weighted by atomic mass is 32.1. The number of hydrogen-bond acceptors (Lipinski definition) is 13. The number of hydrazine groups is 1. The predicted octanol–water partition coefficient (Wildman–Crippen LogP) is 5.60. The number of morpholine rings is 1. The molecule has 4 fully saturated rings. The standard InChI is InChI=1S/C47H63N9O7S.5H2S/c1-7-54-40-11-10-30-19-34(40)36(43(54)35-20-32(23-48-42(35)29(2)61-6)53-16-15-52-17-18-62-26-33(52)24-53)22-47(3,4)28-63-45(58)37-9-8-13-56(51-37)44(57)38(21-41-49-39(30)27-64-41)50-46(59)55-14-12-31(55)25-60-5;;;;;/h10-11,19-20,23,27,29,31,33,37-38,51H,7-9,12-18,21-22,24-26,28H2,1-6H3,(H,50,59);5*1H2/t29-,31-,33-,37-,38-;;;;;/m0...../s1. The van der Waals surface area contributed by atoms with Gasteiger partial charge in [-0.3, -0.25) is 24.5 Å². The number of nitrogens with zero attached hydrogens (tertiary/aromatic N) is 7. The number of carbonyl (C=O) groups is 3. The topological polar surface area (TPSA) is 156 Å². The Kier molecular flexibility index (Phi) is 21.4. The Balaban J connectivity index is 0.00000207. The summed E-state index contributed by atoms with van der Waals surface area (Å²) in [5.74, 6) is -0.728. The Morgan fingerprint density at radius 2 is 1.84 bits per heavy atom. The molecule has 4 saturated heterocycles. The Hall–Kier alpha value is -2.90. The van der Waals surface area contributed by atoms with Crippen LogP contribution < -0.4 is 15.6 Å². The Morgan fingerprint density at radius 3 is 2.57 bits per heavy atom. The summed E-state index contributed by atoms with van der Waals surface area (Å²) in [6, 6.07) is 7.16. The number of rotatable bonds is 8. The number of likely N-dealkylation sites (tertiary alicyclic amines) is 1. The monoisotopic (exact) mass is 1070 g/mol. The van der Waals surface area contributed by atoms with Crippen LogP contribution in [0.3, 0.4) is 0 Å². The Labute approximate surface area is 445 Å². The molecule has 2 N–H and O–H groups in total. The molecule has 69 heavy (non-hydrogen) atoms. The van der Waals surface area contributed by atoms with Crippen molar-refractivity contribution in [3.05, 3.63) is 52.1 Å². The Morgan fingerprint density at radius 1 is 1.04 bits per heavy atom. The highest BCUT2D eigenvalue weighted by Gasteiger charge is 2.39. The van der Waals surface area contributed by atoms with E-state index in [9.17, 15) is 14.4 Å². The fourth-order valence-corrected chi connectivity index (χ4v) is 10.9. The quantitative estimate of drug-likeness (QED) is 0.211. The molecule has 22 heteroatoms. The van der Waals surface area contributed by atoms with Crippen LogP contribution in [0.15, 0.2) is 35.8 Å². The average Bonchev–Trinajstić information content (AvgIpc) is 3.89. The van der Waals surface area contributed by atoms with Crippen molar-refractivity contribution in [2.24, 2.45) is 5.41 Å². The van der Waals surface area contributed by atoms with Crippen LogP contribution in [-0.4, -0.2) is 151 Å². The molecule has 384 valence electrons. The maximum Gasteiger partial charge on any atom is 0.324 e. The molecule has 5 aliphatic heterocycles. The lowest BCUT2D eigenvalue weighted by atomic mass is 9.84. The van der Waals surface area contributed by atoms with Crippen molar-refractivity contribution in [3.63, 3.8) is 0 Å². The van der Waals surface area contributed by atoms with Crippen LogP contribution in [0.2, 0.25) is 0 Å². The molecular formula is C47H73N9O7S6. The minimum atomic E-state index is -0.918. The van der Waals surface area contributed by atoms with Gasteiger partial charge in [0.25, 0.3) is 5.91 Å². The van der Waals surface area contributed by atoms with Crippen molar-refractivity contribution in [1.29, 1.82) is 0 Å². The van der Waals surface area contributed by atoms with E-state index < -0.39 is 23.5 Å². The van der Waals surface area contributed by atoms with E-state index in [4.69, 9.17) is 28.9 Å². The average molecular weight is 1070 g/mol. The summed E-state index contributed by atoms with van der Waals surface area (Å²) in [6.45, 7) is 16.0. The van der Waals surface area contributed by atoms with Crippen LogP contribution in [0.5, 0.6) is 0 Å². The van der Waals surface area contributed by atoms with Gasteiger partial charge in [-0.1, -0.05) is 19.9 Å². The largest absolute Gasteiger partial charge is 0.464 e. The van der Waals surface area contributed by atoms with Crippen molar-refractivity contribution in [3.8, 4) is 22.5 Å². The maximum atomic E-state index is 14.3. The lowest BCUT2D eigenvalue weighted by Crippen LogP contribution is -2.63. The molecule has 8 heterocycles. The van der Waals surface area contributed by atoms with Gasteiger partial charge >= 0.3 is 12.0 Å². The summed E-state index contributed by atoms with van der Waals surface area (Å²) in [7, 11) is 3.35. The van der Waals surface area contributed by atoms with Crippen molar-refractivity contribution in [2.45, 2.75) is 96.6 Å². The molecule has 3 aromatic heterocycles. The normalized spacial score (nSPS) is 23.0. The van der Waals surface area contributed by atoms with Gasteiger partial charge < -0.3 is 38.6 Å². The number of cyclic esters (lactones) is 1. The van der Waals surface area contributed by atoms with E-state index in [1.165, 1.54) is 16.3 Å². The summed E-state index contributed by atoms with van der Waals surface area (Å²) in [5.41, 5.74) is 10.7. The number of anilines is 1. The van der Waals surface area contributed by atoms with Crippen LogP contribution in [0.4, 0.5) is 10.5 Å². The van der Waals surface area contributed by atoms with Gasteiger partial charge in [-0.05, 0) is 63.3 Å². The number of methoxy groups -OCH3 is 2. The van der Waals surface area contributed by atoms with Gasteiger partial charge in [0.1, 0.15) is 12.1 Å². The third-order valence-electron chi connectivity index (χ3n) is 13.8. The molecule has 5 aliphatic rings. The summed E-state index contributed by atoms with van der Waals surface area (Å²) in [4.78, 5) is 58.9. The maximum absolute atomic E-state index is 14.3. The summed E-state index contributed by atoms with van der Waals surface area (Å²) >= 11 is 1.47. The molecule has 0 unspecified atom stereocenters. The fraction of sp³-hybridized carbons (Fsp3) is 0.596. The van der Waals surface area contributed by atoms with E-state index in [1.54, 1.807) is 19.1 Å². The number of ether oxygens (including phenoxy) is 4. The van der Waals surface area contributed by atoms with E-state index >= 15 is 0 Å². The van der Waals surface area contributed by atoms with Gasteiger partial charge in [0, 0.05) is 99.3 Å². The molecule has 6 bridgehead atoms. The first kappa shape index (κ1) is 58.7. The van der Waals surface area contributed by atoms with Crippen LogP contribution in [0.1, 0.15) is 69.3 Å². The Bertz CT molecular complexity index is 2390. The lowest BCUT2D eigenvalue weighted by Gasteiger charge is -2.44. The van der Waals surface area contributed by atoms with E-state index in [2.05, 4.69) is 70.1 Å². The number of fused-ring (bicyclic) bond motifs is 7. The number of aryl methyl sites for hydroxylation is 1. The molecule has 0 spiro atoms. The van der Waals surface area contributed by atoms with E-state index in [0.29, 0.717) is 51.5 Å². The minimum absolute atomic E-state index is 0. The number of piperazine rings is 1. The van der Waals surface area contributed by atoms with Gasteiger partial charge in [-0.15, -0.1) is 11.3 Å². The van der Waals surface area contributed by atoms with Crippen LogP contribution in [0, 0.1) is 5.41 Å². The summed E-state index contributed by atoms with van der Waals surface area (Å²) < 4.78 is 25.8. The zero-order valence-corrected chi connectivity index (χ0v) is 46.4. The summed E-state index contributed by atoms with van der Waals surface area (Å²) in [5, 5.41) is 8.35. The number of carbonyl (C=O) groups excluding carboxylic acids is 3. The molecule has 0 aliphatic carbocycles. The molecule has 5 atom stereocenters. The van der Waals surface area contributed by atoms with E-state index in [-0.39, 0.29) is 105 Å². The van der Waals surface area contributed by atoms with Gasteiger partial charge in [-0.2, -0.15) is 67.5 Å². The number of aromatic nitrogens is 3. The first-order valence-electron chi connectivity index (χ1n) is 22.9. The number of hydrogen-bond donors (Lipinski definition) is 2. The number of thiazole rings is 1. The van der Waals surface area contributed by atoms with Gasteiger partial charge in [0.15, 0.2) is 0 Å². The molecule has 16 nitrogen and oxygen atoms in total. The molecule has 3 amide bonds. The van der Waals surface area contributed by atoms with Gasteiger partial charge in [-0.25, -0.2) is 15.2 Å². The highest BCUT2D eigenvalue weighted by molar-refractivity contribution is 7.60. The molecule has 4 aromatic rings. The van der Waals surface area contributed by atoms with Crippen LogP contribution in [-0.2, 0) is 47.9 Å². The molecule has 0 radical (unpaired) electrons. The van der Waals surface area contributed by atoms with Gasteiger partial charge in [0.05, 0.1) is 78.6 Å². The SMILES string of the molecule is CCn1c(-c2cc(N3CCN4CCOC[C@@H]4C3)cnc2[C@H](C)OC)c2c3cc(ccc31)-c1csc(n1)C[C@H](NC(=O)N1CC[C@H]1COC)C(=O)N1CCC[C@H](N1)C(=O)OCC(C)(C)C2.S.S.S.S.S.